The van der Waals surface area contributed by atoms with E-state index in [1.807, 2.05) is 0 Å². The van der Waals surface area contributed by atoms with Gasteiger partial charge in [-0.3, -0.25) is 9.48 Å². The fourth-order valence-electron chi connectivity index (χ4n) is 3.45. The molecule has 1 fully saturated rings. The molecule has 0 bridgehead atoms. The van der Waals surface area contributed by atoms with Crippen LogP contribution < -0.4 is 5.32 Å². The topological polar surface area (TPSA) is 84.3 Å². The summed E-state index contributed by atoms with van der Waals surface area (Å²) in [7, 11) is -3.63. The molecule has 1 amide bonds. The molecule has 0 spiro atoms. The second kappa shape index (κ2) is 8.23. The Bertz CT molecular complexity index is 979. The summed E-state index contributed by atoms with van der Waals surface area (Å²) in [6, 6.07) is 6.94. The average molecular weight is 425 g/mol. The second-order valence-electron chi connectivity index (χ2n) is 7.27. The van der Waals surface area contributed by atoms with E-state index in [1.165, 1.54) is 8.99 Å². The van der Waals surface area contributed by atoms with Crippen molar-refractivity contribution in [2.24, 2.45) is 5.92 Å². The van der Waals surface area contributed by atoms with Gasteiger partial charge >= 0.3 is 0 Å². The Morgan fingerprint density at radius 3 is 2.54 bits per heavy atom. The Morgan fingerprint density at radius 2 is 1.89 bits per heavy atom. The minimum Gasteiger partial charge on any atom is -0.323 e. The van der Waals surface area contributed by atoms with Gasteiger partial charge in [0.05, 0.1) is 22.1 Å². The van der Waals surface area contributed by atoms with Crippen LogP contribution >= 0.6 is 11.6 Å². The fourth-order valence-corrected chi connectivity index (χ4v) is 5.48. The molecule has 0 radical (unpaired) electrons. The molecule has 28 heavy (non-hydrogen) atoms. The van der Waals surface area contributed by atoms with Gasteiger partial charge in [0.15, 0.2) is 0 Å². The van der Waals surface area contributed by atoms with E-state index in [1.54, 1.807) is 38.1 Å². The maximum Gasteiger partial charge on any atom is 0.246 e. The first kappa shape index (κ1) is 20.8. The monoisotopic (exact) mass is 424 g/mol. The number of hydrogen-bond donors (Lipinski definition) is 1. The van der Waals surface area contributed by atoms with Crippen molar-refractivity contribution in [3.05, 3.63) is 40.7 Å². The Labute approximate surface area is 170 Å². The standard InChI is InChI=1S/C19H25ClN4O3S/c1-13-8-10-23(11-9-13)28(26,27)19-14(2)22-24(15(19)3)12-18(25)21-17-7-5-4-6-16(17)20/h4-7,13H,8-12H2,1-3H3,(H,21,25). The number of sulfonamides is 1. The summed E-state index contributed by atoms with van der Waals surface area (Å²) in [6.45, 7) is 6.42. The van der Waals surface area contributed by atoms with Gasteiger partial charge < -0.3 is 5.32 Å². The molecule has 0 aliphatic carbocycles. The van der Waals surface area contributed by atoms with Gasteiger partial charge in [-0.15, -0.1) is 0 Å². The minimum absolute atomic E-state index is 0.0928. The van der Waals surface area contributed by atoms with Gasteiger partial charge in [-0.25, -0.2) is 8.42 Å². The van der Waals surface area contributed by atoms with E-state index < -0.39 is 10.0 Å². The van der Waals surface area contributed by atoms with Gasteiger partial charge in [0.1, 0.15) is 11.4 Å². The van der Waals surface area contributed by atoms with Gasteiger partial charge in [0.2, 0.25) is 15.9 Å². The Balaban J connectivity index is 1.80. The van der Waals surface area contributed by atoms with Gasteiger partial charge in [-0.1, -0.05) is 30.7 Å². The van der Waals surface area contributed by atoms with Crippen LogP contribution in [0.5, 0.6) is 0 Å². The predicted molar refractivity (Wildman–Crippen MR) is 109 cm³/mol. The summed E-state index contributed by atoms with van der Waals surface area (Å²) in [4.78, 5) is 12.6. The van der Waals surface area contributed by atoms with Crippen LogP contribution in [0.25, 0.3) is 0 Å². The average Bonchev–Trinajstić information content (AvgIpc) is 2.91. The van der Waals surface area contributed by atoms with Gasteiger partial charge in [0.25, 0.3) is 0 Å². The van der Waals surface area contributed by atoms with Crippen LogP contribution in [-0.2, 0) is 21.4 Å². The first-order valence-electron chi connectivity index (χ1n) is 9.28. The van der Waals surface area contributed by atoms with Crippen LogP contribution in [0.15, 0.2) is 29.2 Å². The molecular formula is C19H25ClN4O3S. The van der Waals surface area contributed by atoms with E-state index in [-0.39, 0.29) is 17.3 Å². The van der Waals surface area contributed by atoms with Crippen molar-refractivity contribution in [2.75, 3.05) is 18.4 Å². The van der Waals surface area contributed by atoms with E-state index >= 15 is 0 Å². The third kappa shape index (κ3) is 4.24. The third-order valence-corrected chi connectivity index (χ3v) is 7.58. The molecule has 9 heteroatoms. The summed E-state index contributed by atoms with van der Waals surface area (Å²) >= 11 is 6.07. The molecule has 1 aromatic heterocycles. The third-order valence-electron chi connectivity index (χ3n) is 5.10. The number of aromatic nitrogens is 2. The highest BCUT2D eigenvalue weighted by atomic mass is 35.5. The number of carbonyl (C=O) groups excluding carboxylic acids is 1. The normalized spacial score (nSPS) is 16.3. The zero-order chi connectivity index (χ0) is 20.5. The lowest BCUT2D eigenvalue weighted by Crippen LogP contribution is -2.38. The highest BCUT2D eigenvalue weighted by molar-refractivity contribution is 7.89. The first-order chi connectivity index (χ1) is 13.2. The van der Waals surface area contributed by atoms with E-state index in [9.17, 15) is 13.2 Å². The molecule has 1 saturated heterocycles. The van der Waals surface area contributed by atoms with E-state index in [0.29, 0.717) is 41.1 Å². The van der Waals surface area contributed by atoms with E-state index in [0.717, 1.165) is 12.8 Å². The summed E-state index contributed by atoms with van der Waals surface area (Å²) in [6.07, 6.45) is 1.71. The molecule has 1 aromatic carbocycles. The maximum absolute atomic E-state index is 13.1. The van der Waals surface area contributed by atoms with Crippen molar-refractivity contribution < 1.29 is 13.2 Å². The quantitative estimate of drug-likeness (QED) is 0.798. The van der Waals surface area contributed by atoms with Crippen molar-refractivity contribution in [1.82, 2.24) is 14.1 Å². The van der Waals surface area contributed by atoms with Crippen LogP contribution in [0.1, 0.15) is 31.2 Å². The number of nitrogens with one attached hydrogen (secondary N) is 1. The molecule has 152 valence electrons. The number of carbonyl (C=O) groups is 1. The second-order valence-corrected chi connectivity index (χ2v) is 9.55. The molecule has 1 aliphatic rings. The molecular weight excluding hydrogens is 400 g/mol. The highest BCUT2D eigenvalue weighted by Gasteiger charge is 2.33. The smallest absolute Gasteiger partial charge is 0.246 e. The molecule has 0 atom stereocenters. The molecule has 0 saturated carbocycles. The van der Waals surface area contributed by atoms with Crippen LogP contribution in [0.2, 0.25) is 5.02 Å². The number of anilines is 1. The molecule has 3 rings (SSSR count). The highest BCUT2D eigenvalue weighted by Crippen LogP contribution is 2.27. The number of nitrogens with zero attached hydrogens (tertiary/aromatic N) is 3. The lowest BCUT2D eigenvalue weighted by Gasteiger charge is -2.29. The van der Waals surface area contributed by atoms with Crippen molar-refractivity contribution in [1.29, 1.82) is 0 Å². The van der Waals surface area contributed by atoms with Crippen molar-refractivity contribution in [2.45, 2.75) is 45.1 Å². The number of aryl methyl sites for hydroxylation is 1. The van der Waals surface area contributed by atoms with Gasteiger partial charge in [-0.2, -0.15) is 9.40 Å². The Hall–Kier alpha value is -1.90. The maximum atomic E-state index is 13.1. The zero-order valence-electron chi connectivity index (χ0n) is 16.3. The van der Waals surface area contributed by atoms with Crippen LogP contribution in [0, 0.1) is 19.8 Å². The lowest BCUT2D eigenvalue weighted by atomic mass is 10.0. The van der Waals surface area contributed by atoms with E-state index in [4.69, 9.17) is 11.6 Å². The van der Waals surface area contributed by atoms with Gasteiger partial charge in [-0.05, 0) is 44.7 Å². The summed E-state index contributed by atoms with van der Waals surface area (Å²) in [5, 5.41) is 7.47. The number of para-hydroxylation sites is 1. The van der Waals surface area contributed by atoms with E-state index in [2.05, 4.69) is 17.3 Å². The Morgan fingerprint density at radius 1 is 1.25 bits per heavy atom. The number of piperidine rings is 1. The summed E-state index contributed by atoms with van der Waals surface area (Å²) < 4.78 is 29.2. The number of rotatable bonds is 5. The van der Waals surface area contributed by atoms with Gasteiger partial charge in [0, 0.05) is 13.1 Å². The molecule has 2 aromatic rings. The molecule has 2 heterocycles. The predicted octanol–water partition coefficient (Wildman–Crippen LogP) is 3.21. The Kier molecular flexibility index (Phi) is 6.12. The lowest BCUT2D eigenvalue weighted by molar-refractivity contribution is -0.116. The van der Waals surface area contributed by atoms with Crippen LogP contribution in [0.3, 0.4) is 0 Å². The fraction of sp³-hybridized carbons (Fsp3) is 0.474. The molecule has 7 nitrogen and oxygen atoms in total. The summed E-state index contributed by atoms with van der Waals surface area (Å²) in [5.41, 5.74) is 1.37. The molecule has 1 aliphatic heterocycles. The summed E-state index contributed by atoms with van der Waals surface area (Å²) in [5.74, 6) is 0.208. The minimum atomic E-state index is -3.63. The zero-order valence-corrected chi connectivity index (χ0v) is 17.8. The number of benzene rings is 1. The number of halogens is 1. The van der Waals surface area contributed by atoms with Crippen molar-refractivity contribution in [3.8, 4) is 0 Å². The SMILES string of the molecule is Cc1nn(CC(=O)Nc2ccccc2Cl)c(C)c1S(=O)(=O)N1CCC(C)CC1. The largest absolute Gasteiger partial charge is 0.323 e. The molecule has 0 unspecified atom stereocenters. The van der Waals surface area contributed by atoms with Crippen LogP contribution in [0.4, 0.5) is 5.69 Å². The van der Waals surface area contributed by atoms with Crippen molar-refractivity contribution >= 4 is 33.2 Å². The first-order valence-corrected chi connectivity index (χ1v) is 11.1. The molecule has 1 N–H and O–H groups in total. The van der Waals surface area contributed by atoms with Crippen molar-refractivity contribution in [3.63, 3.8) is 0 Å². The van der Waals surface area contributed by atoms with Crippen LogP contribution in [-0.4, -0.2) is 41.5 Å². The number of hydrogen-bond acceptors (Lipinski definition) is 4. The number of amides is 1.